The van der Waals surface area contributed by atoms with E-state index in [0.717, 1.165) is 18.5 Å². The van der Waals surface area contributed by atoms with Crippen LogP contribution in [0.5, 0.6) is 0 Å². The SMILES string of the molecule is O=C(NC1CCCCC1)c1ccc(-n2cc[nH]c2=S)cc1. The second-order valence-electron chi connectivity index (χ2n) is 5.49. The van der Waals surface area contributed by atoms with E-state index in [1.165, 1.54) is 19.3 Å². The van der Waals surface area contributed by atoms with Crippen LogP contribution in [0, 0.1) is 4.77 Å². The maximum absolute atomic E-state index is 12.2. The van der Waals surface area contributed by atoms with Crippen molar-refractivity contribution in [2.24, 2.45) is 0 Å². The van der Waals surface area contributed by atoms with E-state index in [9.17, 15) is 4.79 Å². The fourth-order valence-electron chi connectivity index (χ4n) is 2.81. The molecule has 0 saturated heterocycles. The highest BCUT2D eigenvalue weighted by Gasteiger charge is 2.16. The fourth-order valence-corrected chi connectivity index (χ4v) is 3.05. The molecule has 0 atom stereocenters. The number of benzene rings is 1. The van der Waals surface area contributed by atoms with Gasteiger partial charge in [0.05, 0.1) is 0 Å². The van der Waals surface area contributed by atoms with Crippen molar-refractivity contribution in [3.05, 3.63) is 47.0 Å². The predicted octanol–water partition coefficient (Wildman–Crippen LogP) is 3.60. The van der Waals surface area contributed by atoms with E-state index in [2.05, 4.69) is 10.3 Å². The second-order valence-corrected chi connectivity index (χ2v) is 5.88. The Bertz CT molecular complexity index is 665. The average Bonchev–Trinajstić information content (AvgIpc) is 2.94. The van der Waals surface area contributed by atoms with Crippen LogP contribution >= 0.6 is 12.2 Å². The maximum Gasteiger partial charge on any atom is 0.251 e. The monoisotopic (exact) mass is 301 g/mol. The molecule has 1 heterocycles. The van der Waals surface area contributed by atoms with Crippen molar-refractivity contribution < 1.29 is 4.79 Å². The van der Waals surface area contributed by atoms with E-state index in [1.807, 2.05) is 35.0 Å². The van der Waals surface area contributed by atoms with Gasteiger partial charge in [-0.15, -0.1) is 0 Å². The summed E-state index contributed by atoms with van der Waals surface area (Å²) in [6.07, 6.45) is 9.60. The maximum atomic E-state index is 12.2. The predicted molar refractivity (Wildman–Crippen MR) is 85.3 cm³/mol. The van der Waals surface area contributed by atoms with Gasteiger partial charge in [0.15, 0.2) is 4.77 Å². The molecule has 0 aliphatic heterocycles. The van der Waals surface area contributed by atoms with Crippen molar-refractivity contribution in [2.75, 3.05) is 0 Å². The normalized spacial score (nSPS) is 15.8. The molecule has 2 aromatic rings. The minimum absolute atomic E-state index is 0.0196. The molecule has 110 valence electrons. The minimum Gasteiger partial charge on any atom is -0.349 e. The van der Waals surface area contributed by atoms with Gasteiger partial charge in [-0.05, 0) is 49.3 Å². The summed E-state index contributed by atoms with van der Waals surface area (Å²) in [5, 5.41) is 3.13. The highest BCUT2D eigenvalue weighted by Crippen LogP contribution is 2.18. The summed E-state index contributed by atoms with van der Waals surface area (Å²) >= 11 is 5.19. The number of carbonyl (C=O) groups is 1. The molecule has 4 nitrogen and oxygen atoms in total. The topological polar surface area (TPSA) is 49.8 Å². The summed E-state index contributed by atoms with van der Waals surface area (Å²) in [4.78, 5) is 15.2. The lowest BCUT2D eigenvalue weighted by Crippen LogP contribution is -2.36. The van der Waals surface area contributed by atoms with Gasteiger partial charge in [0.2, 0.25) is 0 Å². The van der Waals surface area contributed by atoms with Crippen molar-refractivity contribution in [2.45, 2.75) is 38.1 Å². The van der Waals surface area contributed by atoms with Crippen molar-refractivity contribution in [1.29, 1.82) is 0 Å². The van der Waals surface area contributed by atoms with Crippen LogP contribution in [0.2, 0.25) is 0 Å². The molecule has 1 aliphatic rings. The number of carbonyl (C=O) groups excluding carboxylic acids is 1. The standard InChI is InChI=1S/C16H19N3OS/c20-15(18-13-4-2-1-3-5-13)12-6-8-14(9-7-12)19-11-10-17-16(19)21/h6-11,13H,1-5H2,(H,17,21)(H,18,20). The third-order valence-electron chi connectivity index (χ3n) is 4.00. The molecule has 0 unspecified atom stereocenters. The molecule has 1 aliphatic carbocycles. The number of nitrogens with zero attached hydrogens (tertiary/aromatic N) is 1. The number of hydrogen-bond acceptors (Lipinski definition) is 2. The van der Waals surface area contributed by atoms with Crippen LogP contribution < -0.4 is 5.32 Å². The largest absolute Gasteiger partial charge is 0.349 e. The molecule has 5 heteroatoms. The first kappa shape index (κ1) is 14.1. The number of amides is 1. The molecule has 1 amide bonds. The van der Waals surface area contributed by atoms with Gasteiger partial charge in [-0.3, -0.25) is 9.36 Å². The highest BCUT2D eigenvalue weighted by molar-refractivity contribution is 7.71. The molecule has 21 heavy (non-hydrogen) atoms. The summed E-state index contributed by atoms with van der Waals surface area (Å²) < 4.78 is 2.52. The summed E-state index contributed by atoms with van der Waals surface area (Å²) in [5.74, 6) is 0.0196. The third kappa shape index (κ3) is 3.24. The Kier molecular flexibility index (Phi) is 4.20. The summed E-state index contributed by atoms with van der Waals surface area (Å²) in [5.41, 5.74) is 1.65. The lowest BCUT2D eigenvalue weighted by Gasteiger charge is -2.22. The summed E-state index contributed by atoms with van der Waals surface area (Å²) in [6.45, 7) is 0. The first-order valence-corrected chi connectivity index (χ1v) is 7.82. The van der Waals surface area contributed by atoms with Gasteiger partial charge < -0.3 is 10.3 Å². The molecule has 0 radical (unpaired) electrons. The third-order valence-corrected chi connectivity index (χ3v) is 4.31. The van der Waals surface area contributed by atoms with Gasteiger partial charge in [0.25, 0.3) is 5.91 Å². The molecule has 1 fully saturated rings. The van der Waals surface area contributed by atoms with Crippen LogP contribution in [-0.2, 0) is 0 Å². The Labute approximate surface area is 129 Å². The van der Waals surface area contributed by atoms with E-state index < -0.39 is 0 Å². The van der Waals surface area contributed by atoms with E-state index >= 15 is 0 Å². The Morgan fingerprint density at radius 1 is 1.19 bits per heavy atom. The first-order valence-electron chi connectivity index (χ1n) is 7.41. The number of nitrogens with one attached hydrogen (secondary N) is 2. The number of rotatable bonds is 3. The first-order chi connectivity index (χ1) is 10.2. The lowest BCUT2D eigenvalue weighted by atomic mass is 9.95. The van der Waals surface area contributed by atoms with Gasteiger partial charge in [0, 0.05) is 29.7 Å². The van der Waals surface area contributed by atoms with Gasteiger partial charge in [-0.2, -0.15) is 0 Å². The molecule has 1 saturated carbocycles. The zero-order valence-electron chi connectivity index (χ0n) is 11.8. The molecule has 3 rings (SSSR count). The van der Waals surface area contributed by atoms with Crippen molar-refractivity contribution in [1.82, 2.24) is 14.9 Å². The Hall–Kier alpha value is -1.88. The van der Waals surface area contributed by atoms with E-state index in [1.54, 1.807) is 6.20 Å². The Balaban J connectivity index is 1.70. The van der Waals surface area contributed by atoms with E-state index in [4.69, 9.17) is 12.2 Å². The van der Waals surface area contributed by atoms with Crippen molar-refractivity contribution >= 4 is 18.1 Å². The number of aromatic nitrogens is 2. The Morgan fingerprint density at radius 2 is 1.90 bits per heavy atom. The number of aromatic amines is 1. The van der Waals surface area contributed by atoms with Crippen LogP contribution in [0.4, 0.5) is 0 Å². The molecule has 1 aromatic carbocycles. The minimum atomic E-state index is 0.0196. The molecule has 0 bridgehead atoms. The lowest BCUT2D eigenvalue weighted by molar-refractivity contribution is 0.0928. The van der Waals surface area contributed by atoms with Gasteiger partial charge >= 0.3 is 0 Å². The zero-order chi connectivity index (χ0) is 14.7. The molecular weight excluding hydrogens is 282 g/mol. The van der Waals surface area contributed by atoms with Crippen LogP contribution in [0.25, 0.3) is 5.69 Å². The van der Waals surface area contributed by atoms with Gasteiger partial charge in [-0.1, -0.05) is 19.3 Å². The van der Waals surface area contributed by atoms with E-state index in [-0.39, 0.29) is 5.91 Å². The van der Waals surface area contributed by atoms with E-state index in [0.29, 0.717) is 16.4 Å². The van der Waals surface area contributed by atoms with Gasteiger partial charge in [-0.25, -0.2) is 0 Å². The number of H-pyrrole nitrogens is 1. The summed E-state index contributed by atoms with van der Waals surface area (Å²) in [7, 11) is 0. The summed E-state index contributed by atoms with van der Waals surface area (Å²) in [6, 6.07) is 7.87. The number of imidazole rings is 1. The quantitative estimate of drug-likeness (QED) is 0.851. The average molecular weight is 301 g/mol. The zero-order valence-corrected chi connectivity index (χ0v) is 12.7. The second kappa shape index (κ2) is 6.26. The molecule has 0 spiro atoms. The fraction of sp³-hybridized carbons (Fsp3) is 0.375. The van der Waals surface area contributed by atoms with Crippen LogP contribution in [0.1, 0.15) is 42.5 Å². The Morgan fingerprint density at radius 3 is 2.52 bits per heavy atom. The van der Waals surface area contributed by atoms with Crippen molar-refractivity contribution in [3.63, 3.8) is 0 Å². The van der Waals surface area contributed by atoms with Crippen molar-refractivity contribution in [3.8, 4) is 5.69 Å². The van der Waals surface area contributed by atoms with Crippen LogP contribution in [-0.4, -0.2) is 21.5 Å². The molecular formula is C16H19N3OS. The highest BCUT2D eigenvalue weighted by atomic mass is 32.1. The van der Waals surface area contributed by atoms with Gasteiger partial charge in [0.1, 0.15) is 0 Å². The molecule has 2 N–H and O–H groups in total. The smallest absolute Gasteiger partial charge is 0.251 e. The molecule has 1 aromatic heterocycles. The van der Waals surface area contributed by atoms with Crippen LogP contribution in [0.3, 0.4) is 0 Å². The number of hydrogen-bond donors (Lipinski definition) is 2. The van der Waals surface area contributed by atoms with Crippen LogP contribution in [0.15, 0.2) is 36.7 Å².